The third-order valence-corrected chi connectivity index (χ3v) is 5.82. The summed E-state index contributed by atoms with van der Waals surface area (Å²) in [5.74, 6) is 0. The van der Waals surface area contributed by atoms with Crippen LogP contribution in [0.1, 0.15) is 29.7 Å². The molecule has 0 aliphatic rings. The lowest BCUT2D eigenvalue weighted by Gasteiger charge is -2.12. The lowest BCUT2D eigenvalue weighted by atomic mass is 10.1. The van der Waals surface area contributed by atoms with E-state index in [1.807, 2.05) is 37.7 Å². The summed E-state index contributed by atoms with van der Waals surface area (Å²) in [5, 5.41) is 7.09. The Hall–Kier alpha value is -1.21. The second kappa shape index (κ2) is 6.70. The molecule has 0 saturated heterocycles. The molecule has 0 spiro atoms. The summed E-state index contributed by atoms with van der Waals surface area (Å²) < 4.78 is 27.4. The molecule has 0 amide bonds. The van der Waals surface area contributed by atoms with Gasteiger partial charge in [0.25, 0.3) is 0 Å². The van der Waals surface area contributed by atoms with E-state index in [0.717, 1.165) is 16.7 Å². The second-order valence-corrected chi connectivity index (χ2v) is 7.50. The number of hydrogen-bond donors (Lipinski definition) is 2. The monoisotopic (exact) mass is 324 g/mol. The van der Waals surface area contributed by atoms with Crippen molar-refractivity contribution in [2.45, 2.75) is 31.3 Å². The fraction of sp³-hybridized carbons (Fsp3) is 0.333. The molecule has 2 aromatic rings. The van der Waals surface area contributed by atoms with E-state index >= 15 is 0 Å². The summed E-state index contributed by atoms with van der Waals surface area (Å²) >= 11 is 1.58. The molecular weight excluding hydrogens is 304 g/mol. The summed E-state index contributed by atoms with van der Waals surface area (Å²) in [6.45, 7) is 4.30. The third-order valence-electron chi connectivity index (χ3n) is 3.52. The van der Waals surface area contributed by atoms with Crippen molar-refractivity contribution in [3.05, 3.63) is 51.7 Å². The molecule has 1 atom stereocenters. The van der Waals surface area contributed by atoms with Crippen LogP contribution >= 0.6 is 11.3 Å². The molecule has 1 heterocycles. The highest BCUT2D eigenvalue weighted by Gasteiger charge is 2.16. The van der Waals surface area contributed by atoms with Gasteiger partial charge in [-0.1, -0.05) is 12.1 Å². The van der Waals surface area contributed by atoms with Crippen LogP contribution in [0.3, 0.4) is 0 Å². The largest absolute Gasteiger partial charge is 0.313 e. The van der Waals surface area contributed by atoms with Gasteiger partial charge in [-0.05, 0) is 60.5 Å². The summed E-state index contributed by atoms with van der Waals surface area (Å²) in [6.07, 6.45) is 0. The van der Waals surface area contributed by atoms with Crippen LogP contribution in [0.2, 0.25) is 0 Å². The first-order valence-electron chi connectivity index (χ1n) is 6.72. The molecule has 4 nitrogen and oxygen atoms in total. The number of rotatable bonds is 6. The molecule has 0 aliphatic heterocycles. The molecule has 1 unspecified atom stereocenters. The summed E-state index contributed by atoms with van der Waals surface area (Å²) in [4.78, 5) is 0.301. The van der Waals surface area contributed by atoms with Crippen LogP contribution in [0.15, 0.2) is 39.9 Å². The molecule has 0 bridgehead atoms. The molecule has 21 heavy (non-hydrogen) atoms. The molecule has 0 fully saturated rings. The predicted octanol–water partition coefficient (Wildman–Crippen LogP) is 2.82. The number of nitrogens with one attached hydrogen (secondary N) is 2. The van der Waals surface area contributed by atoms with Gasteiger partial charge in [0.05, 0.1) is 4.90 Å². The Morgan fingerprint density at radius 1 is 1.29 bits per heavy atom. The highest BCUT2D eigenvalue weighted by molar-refractivity contribution is 7.89. The molecular formula is C15H20N2O2S2. The van der Waals surface area contributed by atoms with E-state index in [4.69, 9.17) is 0 Å². The highest BCUT2D eigenvalue weighted by Crippen LogP contribution is 2.18. The van der Waals surface area contributed by atoms with Gasteiger partial charge < -0.3 is 5.32 Å². The zero-order valence-electron chi connectivity index (χ0n) is 12.4. The second-order valence-electron chi connectivity index (χ2n) is 4.99. The van der Waals surface area contributed by atoms with E-state index in [0.29, 0.717) is 11.4 Å². The molecule has 2 N–H and O–H groups in total. The average molecular weight is 324 g/mol. The van der Waals surface area contributed by atoms with E-state index in [-0.39, 0.29) is 6.04 Å². The van der Waals surface area contributed by atoms with E-state index in [2.05, 4.69) is 10.0 Å². The minimum Gasteiger partial charge on any atom is -0.313 e. The van der Waals surface area contributed by atoms with Crippen LogP contribution in [0.4, 0.5) is 0 Å². The average Bonchev–Trinajstić information content (AvgIpc) is 2.90. The summed E-state index contributed by atoms with van der Waals surface area (Å²) in [7, 11) is -1.64. The Morgan fingerprint density at radius 3 is 2.67 bits per heavy atom. The minimum atomic E-state index is -3.49. The van der Waals surface area contributed by atoms with E-state index in [1.54, 1.807) is 29.5 Å². The van der Waals surface area contributed by atoms with E-state index in [9.17, 15) is 8.42 Å². The van der Waals surface area contributed by atoms with Crippen LogP contribution in [-0.4, -0.2) is 15.5 Å². The van der Waals surface area contributed by atoms with Gasteiger partial charge in [0, 0.05) is 12.6 Å². The summed E-state index contributed by atoms with van der Waals surface area (Å²) in [5.41, 5.74) is 3.08. The molecule has 6 heteroatoms. The molecule has 0 radical (unpaired) electrons. The van der Waals surface area contributed by atoms with E-state index in [1.165, 1.54) is 0 Å². The van der Waals surface area contributed by atoms with Crippen molar-refractivity contribution in [1.29, 1.82) is 0 Å². The first-order valence-corrected chi connectivity index (χ1v) is 9.15. The van der Waals surface area contributed by atoms with Gasteiger partial charge >= 0.3 is 0 Å². The Kier molecular flexibility index (Phi) is 5.16. The number of hydrogen-bond acceptors (Lipinski definition) is 4. The molecule has 0 aliphatic carbocycles. The lowest BCUT2D eigenvalue weighted by molar-refractivity contribution is 0.580. The Morgan fingerprint density at radius 2 is 2.05 bits per heavy atom. The van der Waals surface area contributed by atoms with Crippen molar-refractivity contribution in [3.63, 3.8) is 0 Å². The van der Waals surface area contributed by atoms with Gasteiger partial charge in [0.2, 0.25) is 10.0 Å². The maximum absolute atomic E-state index is 12.4. The van der Waals surface area contributed by atoms with Crippen molar-refractivity contribution in [2.75, 3.05) is 7.05 Å². The maximum Gasteiger partial charge on any atom is 0.240 e. The number of sulfonamides is 1. The summed E-state index contributed by atoms with van der Waals surface area (Å²) in [6, 6.07) is 7.13. The maximum atomic E-state index is 12.4. The number of aryl methyl sites for hydroxylation is 1. The zero-order chi connectivity index (χ0) is 15.5. The number of thiophene rings is 1. The van der Waals surface area contributed by atoms with Crippen molar-refractivity contribution in [1.82, 2.24) is 10.0 Å². The minimum absolute atomic E-state index is 0.110. The molecule has 1 aromatic heterocycles. The lowest BCUT2D eigenvalue weighted by Crippen LogP contribution is -2.23. The van der Waals surface area contributed by atoms with Crippen molar-refractivity contribution in [2.24, 2.45) is 0 Å². The number of benzene rings is 1. The van der Waals surface area contributed by atoms with Gasteiger partial charge in [-0.3, -0.25) is 0 Å². The Labute approximate surface area is 130 Å². The van der Waals surface area contributed by atoms with Crippen molar-refractivity contribution in [3.8, 4) is 0 Å². The quantitative estimate of drug-likeness (QED) is 0.859. The van der Waals surface area contributed by atoms with E-state index < -0.39 is 10.0 Å². The SMILES string of the molecule is CNC(C)c1cccc(S(=O)(=O)NCc2cscc2C)c1. The van der Waals surface area contributed by atoms with Crippen LogP contribution in [0.5, 0.6) is 0 Å². The standard InChI is InChI=1S/C15H20N2O2S2/c1-11-9-20-10-14(11)8-17-21(18,19)15-6-4-5-13(7-15)12(2)16-3/h4-7,9-10,12,16-17H,8H2,1-3H3. The van der Waals surface area contributed by atoms with Crippen molar-refractivity contribution < 1.29 is 8.42 Å². The van der Waals surface area contributed by atoms with Crippen LogP contribution in [0, 0.1) is 6.92 Å². The van der Waals surface area contributed by atoms with Gasteiger partial charge in [-0.15, -0.1) is 0 Å². The fourth-order valence-corrected chi connectivity index (χ4v) is 3.86. The third kappa shape index (κ3) is 3.91. The Bertz CT molecular complexity index is 708. The molecule has 1 aromatic carbocycles. The smallest absolute Gasteiger partial charge is 0.240 e. The highest BCUT2D eigenvalue weighted by atomic mass is 32.2. The van der Waals surface area contributed by atoms with Gasteiger partial charge in [-0.2, -0.15) is 11.3 Å². The molecule has 0 saturated carbocycles. The molecule has 114 valence electrons. The normalized spacial score (nSPS) is 13.3. The van der Waals surface area contributed by atoms with Gasteiger partial charge in [0.15, 0.2) is 0 Å². The Balaban J connectivity index is 2.18. The molecule has 2 rings (SSSR count). The zero-order valence-corrected chi connectivity index (χ0v) is 14.0. The van der Waals surface area contributed by atoms with Crippen molar-refractivity contribution >= 4 is 21.4 Å². The van der Waals surface area contributed by atoms with Crippen LogP contribution in [-0.2, 0) is 16.6 Å². The van der Waals surface area contributed by atoms with Gasteiger partial charge in [-0.25, -0.2) is 13.1 Å². The predicted molar refractivity (Wildman–Crippen MR) is 87.0 cm³/mol. The van der Waals surface area contributed by atoms with Gasteiger partial charge in [0.1, 0.15) is 0 Å². The first-order chi connectivity index (χ1) is 9.94. The fourth-order valence-electron chi connectivity index (χ4n) is 1.94. The van der Waals surface area contributed by atoms with Crippen LogP contribution in [0.25, 0.3) is 0 Å². The first kappa shape index (κ1) is 16.2. The van der Waals surface area contributed by atoms with Crippen LogP contribution < -0.4 is 10.0 Å². The topological polar surface area (TPSA) is 58.2 Å².